The van der Waals surface area contributed by atoms with Gasteiger partial charge in [0.25, 0.3) is 5.91 Å². The van der Waals surface area contributed by atoms with E-state index >= 15 is 0 Å². The predicted octanol–water partition coefficient (Wildman–Crippen LogP) is 2.52. The number of halogens is 1. The summed E-state index contributed by atoms with van der Waals surface area (Å²) < 4.78 is 10.7. The number of rotatable bonds is 4. The number of methoxy groups -OCH3 is 1. The highest BCUT2D eigenvalue weighted by atomic mass is 35.5. The first-order valence-corrected chi connectivity index (χ1v) is 9.32. The molecule has 2 aliphatic heterocycles. The van der Waals surface area contributed by atoms with Crippen LogP contribution in [-0.2, 0) is 15.1 Å². The number of para-hydroxylation sites is 1. The molecule has 150 valence electrons. The molecule has 1 fully saturated rings. The molecule has 0 aliphatic carbocycles. The Morgan fingerprint density at radius 2 is 2.10 bits per heavy atom. The van der Waals surface area contributed by atoms with Gasteiger partial charge in [-0.1, -0.05) is 29.8 Å². The van der Waals surface area contributed by atoms with Gasteiger partial charge in [-0.25, -0.2) is 4.79 Å². The van der Waals surface area contributed by atoms with E-state index in [-0.39, 0.29) is 6.61 Å². The highest BCUT2D eigenvalue weighted by Gasteiger charge is 2.55. The Hall–Kier alpha value is -3.26. The van der Waals surface area contributed by atoms with E-state index in [1.165, 1.54) is 13.2 Å². The van der Waals surface area contributed by atoms with Crippen LogP contribution in [0.15, 0.2) is 42.5 Å². The van der Waals surface area contributed by atoms with Gasteiger partial charge in [0.1, 0.15) is 18.0 Å². The van der Waals surface area contributed by atoms with Gasteiger partial charge in [-0.2, -0.15) is 0 Å². The summed E-state index contributed by atoms with van der Waals surface area (Å²) in [6.07, 6.45) is 0.292. The molecule has 0 bridgehead atoms. The summed E-state index contributed by atoms with van der Waals surface area (Å²) in [6.45, 7) is -0.132. The average Bonchev–Trinajstić information content (AvgIpc) is 2.93. The number of nitrogens with one attached hydrogen (secondary N) is 2. The van der Waals surface area contributed by atoms with Crippen molar-refractivity contribution in [1.29, 1.82) is 0 Å². The first-order chi connectivity index (χ1) is 13.9. The van der Waals surface area contributed by atoms with Crippen molar-refractivity contribution in [3.8, 4) is 11.5 Å². The van der Waals surface area contributed by atoms with Crippen LogP contribution in [0.4, 0.5) is 10.5 Å². The molecule has 1 spiro atoms. The van der Waals surface area contributed by atoms with E-state index in [1.54, 1.807) is 36.4 Å². The number of anilines is 1. The number of carbonyl (C=O) groups excluding carboxylic acids is 3. The number of benzene rings is 2. The van der Waals surface area contributed by atoms with Gasteiger partial charge >= 0.3 is 6.03 Å². The second-order valence-corrected chi connectivity index (χ2v) is 7.13. The summed E-state index contributed by atoms with van der Waals surface area (Å²) in [7, 11) is 1.49. The standard InChI is InChI=1S/C20H18ClN3O5/c1-28-16-7-6-12(10-14(16)21)22-17(25)11-24-18(26)20(23-19(24)27)8-9-29-15-5-3-2-4-13(15)20/h2-7,10H,8-9,11H2,1H3,(H,22,25)(H,23,27)/t20-/m1/s1. The Kier molecular flexibility index (Phi) is 4.79. The molecule has 2 aromatic carbocycles. The van der Waals surface area contributed by atoms with Crippen molar-refractivity contribution in [1.82, 2.24) is 10.2 Å². The summed E-state index contributed by atoms with van der Waals surface area (Å²) in [5.41, 5.74) is -0.191. The molecule has 0 aromatic heterocycles. The van der Waals surface area contributed by atoms with Crippen LogP contribution in [0.2, 0.25) is 5.02 Å². The number of carbonyl (C=O) groups is 3. The zero-order valence-electron chi connectivity index (χ0n) is 15.5. The molecular formula is C20H18ClN3O5. The Morgan fingerprint density at radius 3 is 2.86 bits per heavy atom. The van der Waals surface area contributed by atoms with Crippen molar-refractivity contribution in [2.24, 2.45) is 0 Å². The van der Waals surface area contributed by atoms with Gasteiger partial charge in [0.05, 0.1) is 18.7 Å². The van der Waals surface area contributed by atoms with Crippen molar-refractivity contribution in [2.45, 2.75) is 12.0 Å². The van der Waals surface area contributed by atoms with E-state index in [2.05, 4.69) is 10.6 Å². The lowest BCUT2D eigenvalue weighted by Gasteiger charge is -2.33. The molecule has 4 rings (SSSR count). The lowest BCUT2D eigenvalue weighted by molar-refractivity contribution is -0.135. The highest BCUT2D eigenvalue weighted by molar-refractivity contribution is 6.32. The third-order valence-corrected chi connectivity index (χ3v) is 5.29. The van der Waals surface area contributed by atoms with Gasteiger partial charge in [0.2, 0.25) is 5.91 Å². The van der Waals surface area contributed by atoms with Gasteiger partial charge < -0.3 is 20.1 Å². The number of imide groups is 1. The lowest BCUT2D eigenvalue weighted by atomic mass is 9.84. The minimum Gasteiger partial charge on any atom is -0.495 e. The number of amides is 4. The minimum atomic E-state index is -1.21. The molecule has 4 amide bonds. The maximum absolute atomic E-state index is 13.2. The summed E-state index contributed by atoms with van der Waals surface area (Å²) >= 11 is 6.06. The maximum atomic E-state index is 13.2. The first-order valence-electron chi connectivity index (χ1n) is 8.94. The van der Waals surface area contributed by atoms with Gasteiger partial charge in [-0.05, 0) is 24.3 Å². The molecule has 29 heavy (non-hydrogen) atoms. The second-order valence-electron chi connectivity index (χ2n) is 6.72. The topological polar surface area (TPSA) is 97.0 Å². The monoisotopic (exact) mass is 415 g/mol. The zero-order chi connectivity index (χ0) is 20.6. The van der Waals surface area contributed by atoms with Crippen molar-refractivity contribution in [2.75, 3.05) is 25.6 Å². The molecule has 0 saturated carbocycles. The fraction of sp³-hybridized carbons (Fsp3) is 0.250. The van der Waals surface area contributed by atoms with Gasteiger partial charge in [-0.3, -0.25) is 14.5 Å². The smallest absolute Gasteiger partial charge is 0.325 e. The Bertz CT molecular complexity index is 1010. The molecule has 9 heteroatoms. The maximum Gasteiger partial charge on any atom is 0.325 e. The molecule has 2 N–H and O–H groups in total. The summed E-state index contributed by atoms with van der Waals surface area (Å²) in [5.74, 6) is 0.0266. The normalized spacial score (nSPS) is 20.1. The number of urea groups is 1. The SMILES string of the molecule is COc1ccc(NC(=O)CN2C(=O)N[C@@]3(CCOc4ccccc43)C2=O)cc1Cl. The number of fused-ring (bicyclic) bond motifs is 2. The van der Waals surface area contributed by atoms with Crippen molar-refractivity contribution in [3.05, 3.63) is 53.1 Å². The van der Waals surface area contributed by atoms with Crippen molar-refractivity contribution >= 4 is 35.1 Å². The van der Waals surface area contributed by atoms with Crippen LogP contribution in [0.1, 0.15) is 12.0 Å². The number of ether oxygens (including phenoxy) is 2. The minimum absolute atomic E-state index is 0.285. The van der Waals surface area contributed by atoms with Crippen LogP contribution in [0.25, 0.3) is 0 Å². The van der Waals surface area contributed by atoms with Crippen molar-refractivity contribution < 1.29 is 23.9 Å². The fourth-order valence-corrected chi connectivity index (χ4v) is 3.86. The highest BCUT2D eigenvalue weighted by Crippen LogP contribution is 2.40. The number of hydrogen-bond acceptors (Lipinski definition) is 5. The summed E-state index contributed by atoms with van der Waals surface area (Å²) in [4.78, 5) is 39.1. The molecule has 0 radical (unpaired) electrons. The Balaban J connectivity index is 1.52. The van der Waals surface area contributed by atoms with Crippen LogP contribution >= 0.6 is 11.6 Å². The average molecular weight is 416 g/mol. The quantitative estimate of drug-likeness (QED) is 0.748. The van der Waals surface area contributed by atoms with E-state index in [9.17, 15) is 14.4 Å². The molecule has 1 saturated heterocycles. The molecular weight excluding hydrogens is 398 g/mol. The Morgan fingerprint density at radius 1 is 1.31 bits per heavy atom. The Labute approximate surface area is 171 Å². The largest absolute Gasteiger partial charge is 0.495 e. The third kappa shape index (κ3) is 3.25. The predicted molar refractivity (Wildman–Crippen MR) is 105 cm³/mol. The second kappa shape index (κ2) is 7.29. The van der Waals surface area contributed by atoms with Crippen LogP contribution < -0.4 is 20.1 Å². The van der Waals surface area contributed by atoms with E-state index in [4.69, 9.17) is 21.1 Å². The summed E-state index contributed by atoms with van der Waals surface area (Å²) in [5, 5.41) is 5.73. The molecule has 2 heterocycles. The number of nitrogens with zero attached hydrogens (tertiary/aromatic N) is 1. The molecule has 2 aromatic rings. The third-order valence-electron chi connectivity index (χ3n) is 4.99. The van der Waals surface area contributed by atoms with E-state index in [1.807, 2.05) is 0 Å². The van der Waals surface area contributed by atoms with Crippen LogP contribution in [-0.4, -0.2) is 43.0 Å². The molecule has 2 aliphatic rings. The first kappa shape index (κ1) is 19.1. The van der Waals surface area contributed by atoms with Crippen LogP contribution in [0.5, 0.6) is 11.5 Å². The molecule has 1 atom stereocenters. The van der Waals surface area contributed by atoms with E-state index in [0.717, 1.165) is 4.90 Å². The van der Waals surface area contributed by atoms with Crippen LogP contribution in [0, 0.1) is 0 Å². The molecule has 8 nitrogen and oxygen atoms in total. The van der Waals surface area contributed by atoms with Gasteiger partial charge in [0.15, 0.2) is 5.54 Å². The zero-order valence-corrected chi connectivity index (χ0v) is 16.3. The van der Waals surface area contributed by atoms with Gasteiger partial charge in [0, 0.05) is 17.7 Å². The van der Waals surface area contributed by atoms with Crippen LogP contribution in [0.3, 0.4) is 0 Å². The van der Waals surface area contributed by atoms with Crippen molar-refractivity contribution in [3.63, 3.8) is 0 Å². The van der Waals surface area contributed by atoms with E-state index < -0.39 is 29.9 Å². The lowest BCUT2D eigenvalue weighted by Crippen LogP contribution is -2.48. The van der Waals surface area contributed by atoms with E-state index in [0.29, 0.717) is 34.2 Å². The number of hydrogen-bond donors (Lipinski definition) is 2. The molecule has 0 unspecified atom stereocenters. The summed E-state index contributed by atoms with van der Waals surface area (Å²) in [6, 6.07) is 11.2. The van der Waals surface area contributed by atoms with Gasteiger partial charge in [-0.15, -0.1) is 0 Å². The fourth-order valence-electron chi connectivity index (χ4n) is 3.60.